The van der Waals surface area contributed by atoms with Crippen molar-refractivity contribution >= 4 is 32.2 Å². The fraction of sp³-hybridized carbons (Fsp3) is 0.556. The van der Waals surface area contributed by atoms with Crippen molar-refractivity contribution < 1.29 is 13.2 Å². The van der Waals surface area contributed by atoms with E-state index in [0.29, 0.717) is 5.13 Å². The summed E-state index contributed by atoms with van der Waals surface area (Å²) < 4.78 is 21.7. The molecule has 0 aromatic carbocycles. The molecule has 0 aliphatic rings. The van der Waals surface area contributed by atoms with Crippen LogP contribution in [-0.2, 0) is 14.6 Å². The lowest BCUT2D eigenvalue weighted by Crippen LogP contribution is -2.46. The molecule has 0 radical (unpaired) electrons. The Hall–Kier alpha value is -0.950. The lowest BCUT2D eigenvalue weighted by atomic mass is 10.1. The van der Waals surface area contributed by atoms with Gasteiger partial charge >= 0.3 is 0 Å². The number of carbonyl (C=O) groups excluding carboxylic acids is 1. The molecule has 1 heterocycles. The molecule has 16 heavy (non-hydrogen) atoms. The third-order valence-electron chi connectivity index (χ3n) is 2.63. The Kier molecular flexibility index (Phi) is 3.69. The Balaban J connectivity index is 2.95. The van der Waals surface area contributed by atoms with Gasteiger partial charge in [-0.15, -0.1) is 11.3 Å². The van der Waals surface area contributed by atoms with Gasteiger partial charge < -0.3 is 5.32 Å². The van der Waals surface area contributed by atoms with Gasteiger partial charge in [-0.05, 0) is 13.3 Å². The summed E-state index contributed by atoms with van der Waals surface area (Å²) in [7, 11) is -3.45. The molecule has 90 valence electrons. The predicted octanol–water partition coefficient (Wildman–Crippen LogP) is 1.29. The Morgan fingerprint density at radius 3 is 2.62 bits per heavy atom. The third kappa shape index (κ3) is 2.41. The van der Waals surface area contributed by atoms with Crippen LogP contribution in [0.2, 0.25) is 0 Å². The van der Waals surface area contributed by atoms with Crippen molar-refractivity contribution in [1.82, 2.24) is 4.98 Å². The van der Waals surface area contributed by atoms with E-state index in [1.165, 1.54) is 18.3 Å². The van der Waals surface area contributed by atoms with Crippen LogP contribution in [-0.4, -0.2) is 30.3 Å². The maximum Gasteiger partial charge on any atom is 0.247 e. The molecule has 1 rings (SSSR count). The van der Waals surface area contributed by atoms with Crippen LogP contribution in [0.15, 0.2) is 11.6 Å². The number of thiazole rings is 1. The maximum absolute atomic E-state index is 11.9. The first kappa shape index (κ1) is 13.1. The van der Waals surface area contributed by atoms with Crippen molar-refractivity contribution in [3.63, 3.8) is 0 Å². The second-order valence-electron chi connectivity index (χ2n) is 3.65. The lowest BCUT2D eigenvalue weighted by molar-refractivity contribution is -0.118. The molecule has 1 unspecified atom stereocenters. The zero-order valence-corrected chi connectivity index (χ0v) is 11.0. The van der Waals surface area contributed by atoms with Gasteiger partial charge in [-0.2, -0.15) is 0 Å². The maximum atomic E-state index is 11.9. The number of hydrogen-bond acceptors (Lipinski definition) is 5. The quantitative estimate of drug-likeness (QED) is 0.887. The molecule has 0 fully saturated rings. The van der Waals surface area contributed by atoms with Gasteiger partial charge in [0.05, 0.1) is 0 Å². The molecule has 0 bridgehead atoms. The summed E-state index contributed by atoms with van der Waals surface area (Å²) in [5.41, 5.74) is 0. The summed E-state index contributed by atoms with van der Waals surface area (Å²) >= 11 is 1.25. The Morgan fingerprint density at radius 1 is 1.62 bits per heavy atom. The second-order valence-corrected chi connectivity index (χ2v) is 6.99. The zero-order valence-electron chi connectivity index (χ0n) is 9.35. The summed E-state index contributed by atoms with van der Waals surface area (Å²) in [4.78, 5) is 15.8. The van der Waals surface area contributed by atoms with E-state index in [-0.39, 0.29) is 6.42 Å². The van der Waals surface area contributed by atoms with Crippen LogP contribution < -0.4 is 5.32 Å². The summed E-state index contributed by atoms with van der Waals surface area (Å²) in [6.45, 7) is 3.09. The molecule has 0 saturated heterocycles. The highest BCUT2D eigenvalue weighted by Gasteiger charge is 2.41. The minimum Gasteiger partial charge on any atom is -0.301 e. The molecule has 1 amide bonds. The monoisotopic (exact) mass is 262 g/mol. The summed E-state index contributed by atoms with van der Waals surface area (Å²) in [6.07, 6.45) is 2.84. The topological polar surface area (TPSA) is 76.1 Å². The standard InChI is InChI=1S/C9H14N2O3S2/c1-4-9(2,16(3,13)14)7(12)11-8-10-5-6-15-8/h5-6H,4H2,1-3H3,(H,10,11,12). The van der Waals surface area contributed by atoms with E-state index in [1.807, 2.05) is 0 Å². The predicted molar refractivity (Wildman–Crippen MR) is 64.3 cm³/mol. The normalized spacial score (nSPS) is 15.4. The number of nitrogens with zero attached hydrogens (tertiary/aromatic N) is 1. The van der Waals surface area contributed by atoms with Gasteiger partial charge in [-0.1, -0.05) is 6.92 Å². The Morgan fingerprint density at radius 2 is 2.25 bits per heavy atom. The van der Waals surface area contributed by atoms with E-state index in [0.717, 1.165) is 6.26 Å². The average Bonchev–Trinajstić information content (AvgIpc) is 2.67. The number of carbonyl (C=O) groups is 1. The van der Waals surface area contributed by atoms with E-state index >= 15 is 0 Å². The van der Waals surface area contributed by atoms with Gasteiger partial charge in [0.1, 0.15) is 4.75 Å². The minimum absolute atomic E-state index is 0.225. The highest BCUT2D eigenvalue weighted by molar-refractivity contribution is 7.92. The highest BCUT2D eigenvalue weighted by Crippen LogP contribution is 2.23. The van der Waals surface area contributed by atoms with Crippen LogP contribution in [0, 0.1) is 0 Å². The molecule has 7 heteroatoms. The largest absolute Gasteiger partial charge is 0.301 e. The SMILES string of the molecule is CCC(C)(C(=O)Nc1nccs1)S(C)(=O)=O. The lowest BCUT2D eigenvalue weighted by Gasteiger charge is -2.23. The molecular weight excluding hydrogens is 248 g/mol. The molecule has 0 aliphatic carbocycles. The average molecular weight is 262 g/mol. The molecule has 1 aromatic rings. The van der Waals surface area contributed by atoms with Crippen LogP contribution in [0.25, 0.3) is 0 Å². The molecular formula is C9H14N2O3S2. The second kappa shape index (κ2) is 4.50. The van der Waals surface area contributed by atoms with E-state index in [2.05, 4.69) is 10.3 Å². The van der Waals surface area contributed by atoms with Gasteiger partial charge in [-0.3, -0.25) is 4.79 Å². The number of amides is 1. The Labute approximate surface area is 98.8 Å². The van der Waals surface area contributed by atoms with Crippen molar-refractivity contribution in [3.05, 3.63) is 11.6 Å². The van der Waals surface area contributed by atoms with Crippen molar-refractivity contribution in [1.29, 1.82) is 0 Å². The third-order valence-corrected chi connectivity index (χ3v) is 5.43. The molecule has 1 atom stereocenters. The molecule has 0 spiro atoms. The van der Waals surface area contributed by atoms with Crippen molar-refractivity contribution in [2.75, 3.05) is 11.6 Å². The molecule has 5 nitrogen and oxygen atoms in total. The zero-order chi connectivity index (χ0) is 12.4. The van der Waals surface area contributed by atoms with Gasteiger partial charge in [0.15, 0.2) is 15.0 Å². The van der Waals surface area contributed by atoms with Gasteiger partial charge in [0.25, 0.3) is 0 Å². The molecule has 0 aliphatic heterocycles. The Bertz CT molecular complexity index is 467. The molecule has 1 N–H and O–H groups in total. The van der Waals surface area contributed by atoms with Crippen molar-refractivity contribution in [2.24, 2.45) is 0 Å². The van der Waals surface area contributed by atoms with Crippen LogP contribution in [0.5, 0.6) is 0 Å². The summed E-state index contributed by atoms with van der Waals surface area (Å²) in [5.74, 6) is -0.535. The number of aromatic nitrogens is 1. The number of rotatable bonds is 4. The number of hydrogen-bond donors (Lipinski definition) is 1. The first-order valence-electron chi connectivity index (χ1n) is 4.72. The smallest absolute Gasteiger partial charge is 0.247 e. The van der Waals surface area contributed by atoms with Crippen LogP contribution in [0.4, 0.5) is 5.13 Å². The van der Waals surface area contributed by atoms with Crippen molar-refractivity contribution in [2.45, 2.75) is 25.0 Å². The van der Waals surface area contributed by atoms with Crippen LogP contribution >= 0.6 is 11.3 Å². The number of nitrogens with one attached hydrogen (secondary N) is 1. The van der Waals surface area contributed by atoms with Crippen molar-refractivity contribution in [3.8, 4) is 0 Å². The minimum atomic E-state index is -3.45. The highest BCUT2D eigenvalue weighted by atomic mass is 32.2. The summed E-state index contributed by atoms with van der Waals surface area (Å²) in [6, 6.07) is 0. The van der Waals surface area contributed by atoms with E-state index in [9.17, 15) is 13.2 Å². The molecule has 0 saturated carbocycles. The van der Waals surface area contributed by atoms with Crippen LogP contribution in [0.3, 0.4) is 0 Å². The van der Waals surface area contributed by atoms with E-state index < -0.39 is 20.5 Å². The van der Waals surface area contributed by atoms with E-state index in [4.69, 9.17) is 0 Å². The first-order chi connectivity index (χ1) is 7.31. The number of sulfone groups is 1. The molecule has 1 aromatic heterocycles. The fourth-order valence-electron chi connectivity index (χ4n) is 1.11. The van der Waals surface area contributed by atoms with Gasteiger partial charge in [0, 0.05) is 17.8 Å². The first-order valence-corrected chi connectivity index (χ1v) is 7.49. The van der Waals surface area contributed by atoms with E-state index in [1.54, 1.807) is 18.5 Å². The van der Waals surface area contributed by atoms with Gasteiger partial charge in [-0.25, -0.2) is 13.4 Å². The summed E-state index contributed by atoms with van der Waals surface area (Å²) in [5, 5.41) is 4.63. The fourth-order valence-corrected chi connectivity index (χ4v) is 2.54. The van der Waals surface area contributed by atoms with Gasteiger partial charge in [0.2, 0.25) is 5.91 Å². The number of anilines is 1. The van der Waals surface area contributed by atoms with Crippen LogP contribution in [0.1, 0.15) is 20.3 Å².